The van der Waals surface area contributed by atoms with Crippen LogP contribution in [0.15, 0.2) is 328 Å². The first kappa shape index (κ1) is 54.4. The van der Waals surface area contributed by atoms with E-state index in [0.29, 0.717) is 11.6 Å². The summed E-state index contributed by atoms with van der Waals surface area (Å²) in [5.41, 5.74) is 23.1. The molecule has 18 rings (SSSR count). The van der Waals surface area contributed by atoms with Crippen molar-refractivity contribution in [3.05, 3.63) is 333 Å². The number of aryl methyl sites for hydroxylation is 1. The third kappa shape index (κ3) is 9.12. The highest BCUT2D eigenvalue weighted by Gasteiger charge is 2.33. The van der Waals surface area contributed by atoms with E-state index in [2.05, 4.69) is 348 Å². The molecule has 0 radical (unpaired) electrons. The van der Waals surface area contributed by atoms with Gasteiger partial charge >= 0.3 is 0 Å². The number of fused-ring (bicyclic) bond motifs is 9. The molecule has 0 amide bonds. The van der Waals surface area contributed by atoms with Crippen molar-refractivity contribution in [1.82, 2.24) is 33.6 Å². The van der Waals surface area contributed by atoms with Crippen LogP contribution in [0, 0.1) is 6.92 Å². The van der Waals surface area contributed by atoms with Crippen molar-refractivity contribution in [3.8, 4) is 107 Å². The fraction of sp³-hybridized carbons (Fsp3) is 0.0115. The van der Waals surface area contributed by atoms with Crippen LogP contribution in [0.1, 0.15) is 5.56 Å². The fourth-order valence-electron chi connectivity index (χ4n) is 14.2. The van der Waals surface area contributed by atoms with Crippen LogP contribution in [0.2, 0.25) is 0 Å². The van der Waals surface area contributed by atoms with E-state index in [1.165, 1.54) is 0 Å². The Morgan fingerprint density at radius 2 is 0.479 bits per heavy atom. The van der Waals surface area contributed by atoms with Gasteiger partial charge in [-0.3, -0.25) is 0 Å². The molecule has 0 saturated carbocycles. The summed E-state index contributed by atoms with van der Waals surface area (Å²) in [4.78, 5) is 23.4. The second-order valence-electron chi connectivity index (χ2n) is 24.2. The summed E-state index contributed by atoms with van der Waals surface area (Å²) < 4.78 is 7.54. The summed E-state index contributed by atoms with van der Waals surface area (Å²) in [6.07, 6.45) is 0. The molecule has 7 nitrogen and oxygen atoms in total. The molecule has 0 N–H and O–H groups in total. The van der Waals surface area contributed by atoms with Crippen molar-refractivity contribution in [2.24, 2.45) is 0 Å². The molecule has 440 valence electrons. The van der Waals surface area contributed by atoms with Gasteiger partial charge in [0.1, 0.15) is 0 Å². The van der Waals surface area contributed by atoms with Crippen LogP contribution in [0.4, 0.5) is 0 Å². The molecule has 0 atom stereocenters. The number of hydrogen-bond acceptors (Lipinski definition) is 4. The smallest absolute Gasteiger partial charge is 0.162 e. The SMILES string of the molecule is Cc1ccc2c(c1)c1ccccc1n2-c1c(-n2c3ccccc3c3cc(-c4ccccc4)ccc32)c(-c2nc(-c3ccccc3)cc(-c3ccccc3)n2)cc(-c2nc(-c3ccccc3)cc(-c3ccccc3)n2)c1-n1c2ccccc2c2cc(-c3ccccc3)ccc21. The quantitative estimate of drug-likeness (QED) is 0.129. The lowest BCUT2D eigenvalue weighted by atomic mass is 9.98. The number of nitrogens with zero attached hydrogens (tertiary/aromatic N) is 7. The van der Waals surface area contributed by atoms with Crippen LogP contribution in [-0.2, 0) is 0 Å². The van der Waals surface area contributed by atoms with Crippen LogP contribution >= 0.6 is 0 Å². The lowest BCUT2D eigenvalue weighted by molar-refractivity contribution is 1.04. The first-order valence-corrected chi connectivity index (χ1v) is 31.9. The van der Waals surface area contributed by atoms with E-state index in [9.17, 15) is 0 Å². The van der Waals surface area contributed by atoms with Crippen LogP contribution in [0.25, 0.3) is 173 Å². The Hall–Kier alpha value is -12.6. The van der Waals surface area contributed by atoms with Gasteiger partial charge < -0.3 is 13.7 Å². The topological polar surface area (TPSA) is 66.3 Å². The van der Waals surface area contributed by atoms with E-state index in [-0.39, 0.29) is 0 Å². The largest absolute Gasteiger partial charge is 0.306 e. The van der Waals surface area contributed by atoms with Gasteiger partial charge in [-0.1, -0.05) is 260 Å². The fourth-order valence-corrected chi connectivity index (χ4v) is 14.2. The minimum Gasteiger partial charge on any atom is -0.306 e. The van der Waals surface area contributed by atoms with Crippen LogP contribution in [-0.4, -0.2) is 33.6 Å². The zero-order chi connectivity index (χ0) is 62.2. The second kappa shape index (κ2) is 22.4. The molecule has 0 aliphatic rings. The maximum atomic E-state index is 5.86. The molecule has 7 heteroatoms. The third-order valence-electron chi connectivity index (χ3n) is 18.5. The Labute approximate surface area is 543 Å². The van der Waals surface area contributed by atoms with Gasteiger partial charge in [-0.25, -0.2) is 19.9 Å². The molecule has 13 aromatic carbocycles. The highest BCUT2D eigenvalue weighted by molar-refractivity contribution is 6.16. The van der Waals surface area contributed by atoms with Crippen molar-refractivity contribution in [1.29, 1.82) is 0 Å². The Kier molecular flexibility index (Phi) is 13.0. The lowest BCUT2D eigenvalue weighted by Crippen LogP contribution is -2.14. The number of aromatic nitrogens is 7. The predicted octanol–water partition coefficient (Wildman–Crippen LogP) is 22.2. The van der Waals surface area contributed by atoms with E-state index in [1.807, 2.05) is 0 Å². The van der Waals surface area contributed by atoms with Crippen molar-refractivity contribution in [2.45, 2.75) is 6.92 Å². The van der Waals surface area contributed by atoms with E-state index in [0.717, 1.165) is 166 Å². The van der Waals surface area contributed by atoms with Crippen molar-refractivity contribution < 1.29 is 0 Å². The lowest BCUT2D eigenvalue weighted by Gasteiger charge is -2.27. The van der Waals surface area contributed by atoms with Gasteiger partial charge in [-0.15, -0.1) is 0 Å². The van der Waals surface area contributed by atoms with Crippen LogP contribution in [0.3, 0.4) is 0 Å². The number of rotatable bonds is 11. The first-order chi connectivity index (χ1) is 46.5. The molecule has 18 aromatic rings. The Morgan fingerprint density at radius 3 is 0.830 bits per heavy atom. The Balaban J connectivity index is 1.12. The molecule has 0 aliphatic heterocycles. The predicted molar refractivity (Wildman–Crippen MR) is 389 cm³/mol. The zero-order valence-electron chi connectivity index (χ0n) is 51.3. The van der Waals surface area contributed by atoms with E-state index >= 15 is 0 Å². The Bertz CT molecular complexity index is 5530. The molecule has 0 fully saturated rings. The average molecular weight is 1200 g/mol. The molecule has 94 heavy (non-hydrogen) atoms. The van der Waals surface area contributed by atoms with E-state index < -0.39 is 0 Å². The van der Waals surface area contributed by atoms with Crippen LogP contribution in [0.5, 0.6) is 0 Å². The summed E-state index contributed by atoms with van der Waals surface area (Å²) >= 11 is 0. The summed E-state index contributed by atoms with van der Waals surface area (Å²) in [6, 6.07) is 117. The van der Waals surface area contributed by atoms with Crippen molar-refractivity contribution in [2.75, 3.05) is 0 Å². The van der Waals surface area contributed by atoms with Gasteiger partial charge in [-0.2, -0.15) is 0 Å². The minimum absolute atomic E-state index is 0.532. The molecular formula is C87H57N7. The Morgan fingerprint density at radius 1 is 0.202 bits per heavy atom. The van der Waals surface area contributed by atoms with Gasteiger partial charge in [0, 0.05) is 65.7 Å². The number of para-hydroxylation sites is 3. The first-order valence-electron chi connectivity index (χ1n) is 31.9. The van der Waals surface area contributed by atoms with Gasteiger partial charge in [0.2, 0.25) is 0 Å². The number of benzene rings is 13. The second-order valence-corrected chi connectivity index (χ2v) is 24.2. The van der Waals surface area contributed by atoms with Crippen molar-refractivity contribution in [3.63, 3.8) is 0 Å². The molecule has 5 heterocycles. The maximum Gasteiger partial charge on any atom is 0.162 e. The van der Waals surface area contributed by atoms with E-state index in [1.54, 1.807) is 0 Å². The molecular weight excluding hydrogens is 1140 g/mol. The summed E-state index contributed by atoms with van der Waals surface area (Å²) in [7, 11) is 0. The minimum atomic E-state index is 0.532. The van der Waals surface area contributed by atoms with Gasteiger partial charge in [-0.05, 0) is 102 Å². The molecule has 0 aliphatic carbocycles. The molecule has 0 spiro atoms. The van der Waals surface area contributed by atoms with Gasteiger partial charge in [0.25, 0.3) is 0 Å². The van der Waals surface area contributed by atoms with Gasteiger partial charge in [0.15, 0.2) is 11.6 Å². The standard InChI is InChI=1S/C87H57N7/c1-56-44-47-80-68(50-56)65-38-20-25-43-79(65)94(80)85-83(92-77-41-23-21-39-66(77)69-51-63(45-48-81(69)92)57-26-8-2-9-27-57)71(86-88-73(59-30-12-4-13-31-59)54-74(89-86)60-32-14-5-15-33-60)53-72(87-90-75(61-34-16-6-17-35-61)55-76(91-87)62-36-18-7-19-37-62)84(85)93-78-42-24-22-40-67(78)70-52-64(46-49-82(70)93)58-28-10-3-11-29-58/h2-55H,1H3. The maximum absolute atomic E-state index is 5.86. The van der Waals surface area contributed by atoms with Crippen LogP contribution < -0.4 is 0 Å². The third-order valence-corrected chi connectivity index (χ3v) is 18.5. The highest BCUT2D eigenvalue weighted by Crippen LogP contribution is 2.51. The summed E-state index contributed by atoms with van der Waals surface area (Å²) in [5.74, 6) is 1.06. The number of hydrogen-bond donors (Lipinski definition) is 0. The monoisotopic (exact) mass is 1200 g/mol. The normalized spacial score (nSPS) is 11.7. The zero-order valence-corrected chi connectivity index (χ0v) is 51.3. The molecule has 5 aromatic heterocycles. The van der Waals surface area contributed by atoms with Gasteiger partial charge in [0.05, 0.1) is 72.9 Å². The molecule has 0 bridgehead atoms. The molecule has 0 unspecified atom stereocenters. The average Bonchev–Trinajstić information content (AvgIpc) is 1.47. The summed E-state index contributed by atoms with van der Waals surface area (Å²) in [6.45, 7) is 2.19. The highest BCUT2D eigenvalue weighted by atomic mass is 15.1. The van der Waals surface area contributed by atoms with E-state index in [4.69, 9.17) is 19.9 Å². The van der Waals surface area contributed by atoms with Crippen molar-refractivity contribution >= 4 is 65.4 Å². The molecule has 0 saturated heterocycles. The summed E-state index contributed by atoms with van der Waals surface area (Å²) in [5, 5.41) is 6.69.